The van der Waals surface area contributed by atoms with Gasteiger partial charge in [0.05, 0.1) is 36.2 Å². The van der Waals surface area contributed by atoms with Gasteiger partial charge in [-0.1, -0.05) is 50.2 Å². The fourth-order valence-electron chi connectivity index (χ4n) is 3.15. The molecule has 2 heterocycles. The number of methoxy groups -OCH3 is 1. The SMILES string of the molecule is COC(=O)CC(C(=O)c1c(C(C)C)nn2ccccc12)c1ccccc1. The molecular weight excluding hydrogens is 328 g/mol. The van der Waals surface area contributed by atoms with E-state index in [1.807, 2.05) is 68.6 Å². The monoisotopic (exact) mass is 350 g/mol. The summed E-state index contributed by atoms with van der Waals surface area (Å²) in [5.74, 6) is -1.03. The van der Waals surface area contributed by atoms with Crippen LogP contribution in [0.3, 0.4) is 0 Å². The van der Waals surface area contributed by atoms with E-state index in [1.54, 1.807) is 4.52 Å². The van der Waals surface area contributed by atoms with Gasteiger partial charge < -0.3 is 4.74 Å². The second kappa shape index (κ2) is 7.52. The van der Waals surface area contributed by atoms with Gasteiger partial charge in [-0.25, -0.2) is 4.52 Å². The predicted molar refractivity (Wildman–Crippen MR) is 99.4 cm³/mol. The number of esters is 1. The van der Waals surface area contributed by atoms with E-state index >= 15 is 0 Å². The topological polar surface area (TPSA) is 60.7 Å². The Kier molecular flexibility index (Phi) is 5.16. The van der Waals surface area contributed by atoms with Crippen molar-refractivity contribution in [3.63, 3.8) is 0 Å². The molecule has 3 rings (SSSR count). The molecule has 1 aromatic carbocycles. The Hall–Kier alpha value is -2.95. The average Bonchev–Trinajstić information content (AvgIpc) is 3.06. The first-order chi connectivity index (χ1) is 12.5. The fourth-order valence-corrected chi connectivity index (χ4v) is 3.15. The summed E-state index contributed by atoms with van der Waals surface area (Å²) in [5, 5.41) is 4.59. The Morgan fingerprint density at radius 3 is 2.42 bits per heavy atom. The summed E-state index contributed by atoms with van der Waals surface area (Å²) in [7, 11) is 1.34. The molecule has 5 heteroatoms. The van der Waals surface area contributed by atoms with E-state index in [9.17, 15) is 9.59 Å². The second-order valence-electron chi connectivity index (χ2n) is 6.55. The van der Waals surface area contributed by atoms with E-state index in [4.69, 9.17) is 4.74 Å². The third-order valence-electron chi connectivity index (χ3n) is 4.48. The van der Waals surface area contributed by atoms with Crippen LogP contribution in [-0.2, 0) is 9.53 Å². The van der Waals surface area contributed by atoms with Crippen molar-refractivity contribution in [2.75, 3.05) is 7.11 Å². The van der Waals surface area contributed by atoms with Gasteiger partial charge in [0.2, 0.25) is 0 Å². The molecule has 0 radical (unpaired) electrons. The van der Waals surface area contributed by atoms with Gasteiger partial charge in [0.1, 0.15) is 0 Å². The molecule has 0 spiro atoms. The van der Waals surface area contributed by atoms with Crippen LogP contribution < -0.4 is 0 Å². The normalized spacial score (nSPS) is 12.3. The predicted octanol–water partition coefficient (Wildman–Crippen LogP) is 3.99. The number of nitrogens with zero attached hydrogens (tertiary/aromatic N) is 2. The average molecular weight is 350 g/mol. The van der Waals surface area contributed by atoms with Gasteiger partial charge in [0.15, 0.2) is 5.78 Å². The third-order valence-corrected chi connectivity index (χ3v) is 4.48. The molecule has 2 aromatic heterocycles. The minimum Gasteiger partial charge on any atom is -0.469 e. The molecule has 0 bridgehead atoms. The number of aromatic nitrogens is 2. The smallest absolute Gasteiger partial charge is 0.306 e. The zero-order valence-electron chi connectivity index (χ0n) is 15.2. The van der Waals surface area contributed by atoms with Crippen molar-refractivity contribution in [2.24, 2.45) is 0 Å². The summed E-state index contributed by atoms with van der Waals surface area (Å²) in [6.07, 6.45) is 1.83. The molecular formula is C21H22N2O3. The van der Waals surface area contributed by atoms with E-state index in [-0.39, 0.29) is 18.1 Å². The van der Waals surface area contributed by atoms with Gasteiger partial charge in [0.25, 0.3) is 0 Å². The molecule has 0 fully saturated rings. The highest BCUT2D eigenvalue weighted by Crippen LogP contribution is 2.31. The van der Waals surface area contributed by atoms with Gasteiger partial charge in [-0.2, -0.15) is 5.10 Å². The Balaban J connectivity index is 2.14. The molecule has 0 aliphatic heterocycles. The van der Waals surface area contributed by atoms with Gasteiger partial charge in [0, 0.05) is 6.20 Å². The number of rotatable bonds is 6. The van der Waals surface area contributed by atoms with E-state index in [1.165, 1.54) is 7.11 Å². The zero-order valence-corrected chi connectivity index (χ0v) is 15.2. The van der Waals surface area contributed by atoms with Crippen molar-refractivity contribution < 1.29 is 14.3 Å². The van der Waals surface area contributed by atoms with Crippen molar-refractivity contribution >= 4 is 17.3 Å². The van der Waals surface area contributed by atoms with Crippen LogP contribution in [0.2, 0.25) is 0 Å². The van der Waals surface area contributed by atoms with Crippen LogP contribution in [0.25, 0.3) is 5.52 Å². The number of carbonyl (C=O) groups excluding carboxylic acids is 2. The highest BCUT2D eigenvalue weighted by molar-refractivity contribution is 6.08. The van der Waals surface area contributed by atoms with Crippen molar-refractivity contribution in [1.29, 1.82) is 0 Å². The molecule has 1 unspecified atom stereocenters. The Morgan fingerprint density at radius 1 is 1.08 bits per heavy atom. The number of fused-ring (bicyclic) bond motifs is 1. The first-order valence-corrected chi connectivity index (χ1v) is 8.66. The number of hydrogen-bond donors (Lipinski definition) is 0. The molecule has 0 N–H and O–H groups in total. The molecule has 5 nitrogen and oxygen atoms in total. The lowest BCUT2D eigenvalue weighted by Crippen LogP contribution is -2.19. The van der Waals surface area contributed by atoms with Crippen LogP contribution in [0.15, 0.2) is 54.7 Å². The van der Waals surface area contributed by atoms with Crippen LogP contribution in [0, 0.1) is 0 Å². The maximum atomic E-state index is 13.5. The second-order valence-corrected chi connectivity index (χ2v) is 6.55. The summed E-state index contributed by atoms with van der Waals surface area (Å²) in [4.78, 5) is 25.5. The van der Waals surface area contributed by atoms with Crippen LogP contribution in [0.5, 0.6) is 0 Å². The lowest BCUT2D eigenvalue weighted by molar-refractivity contribution is -0.140. The number of pyridine rings is 1. The summed E-state index contributed by atoms with van der Waals surface area (Å²) in [5.41, 5.74) is 2.88. The van der Waals surface area contributed by atoms with Crippen LogP contribution in [0.4, 0.5) is 0 Å². The van der Waals surface area contributed by atoms with Gasteiger partial charge in [-0.15, -0.1) is 0 Å². The summed E-state index contributed by atoms with van der Waals surface area (Å²) < 4.78 is 6.55. The highest BCUT2D eigenvalue weighted by Gasteiger charge is 2.30. The molecule has 26 heavy (non-hydrogen) atoms. The number of benzene rings is 1. The number of Topliss-reactive ketones (excluding diaryl/α,β-unsaturated/α-hetero) is 1. The lowest BCUT2D eigenvalue weighted by atomic mass is 9.86. The first-order valence-electron chi connectivity index (χ1n) is 8.66. The van der Waals surface area contributed by atoms with E-state index in [0.29, 0.717) is 5.56 Å². The van der Waals surface area contributed by atoms with Crippen molar-refractivity contribution in [2.45, 2.75) is 32.1 Å². The number of ether oxygens (including phenoxy) is 1. The molecule has 0 aliphatic carbocycles. The standard InChI is InChI=1S/C21H22N2O3/c1-14(2)20-19(17-11-7-8-12-23(17)22-20)21(25)16(13-18(24)26-3)15-9-5-4-6-10-15/h4-12,14,16H,13H2,1-3H3. The zero-order chi connectivity index (χ0) is 18.7. The number of ketones is 1. The Morgan fingerprint density at radius 2 is 1.77 bits per heavy atom. The van der Waals surface area contributed by atoms with Gasteiger partial charge in [-0.3, -0.25) is 9.59 Å². The molecule has 0 saturated carbocycles. The molecule has 3 aromatic rings. The largest absolute Gasteiger partial charge is 0.469 e. The van der Waals surface area contributed by atoms with E-state index in [2.05, 4.69) is 5.10 Å². The third kappa shape index (κ3) is 3.38. The summed E-state index contributed by atoms with van der Waals surface area (Å²) in [6.45, 7) is 4.02. The van der Waals surface area contributed by atoms with Crippen LogP contribution >= 0.6 is 0 Å². The fraction of sp³-hybridized carbons (Fsp3) is 0.286. The van der Waals surface area contributed by atoms with Crippen molar-refractivity contribution in [3.05, 3.63) is 71.5 Å². The lowest BCUT2D eigenvalue weighted by Gasteiger charge is -2.16. The van der Waals surface area contributed by atoms with Crippen LogP contribution in [-0.4, -0.2) is 28.5 Å². The molecule has 134 valence electrons. The minimum absolute atomic E-state index is 0.00105. The maximum Gasteiger partial charge on any atom is 0.306 e. The van der Waals surface area contributed by atoms with E-state index in [0.717, 1.165) is 16.8 Å². The quantitative estimate of drug-likeness (QED) is 0.498. The first kappa shape index (κ1) is 17.9. The molecule has 1 atom stereocenters. The van der Waals surface area contributed by atoms with Crippen molar-refractivity contribution in [3.8, 4) is 0 Å². The number of carbonyl (C=O) groups is 2. The molecule has 0 aliphatic rings. The summed E-state index contributed by atoms with van der Waals surface area (Å²) in [6, 6.07) is 15.0. The minimum atomic E-state index is -0.602. The summed E-state index contributed by atoms with van der Waals surface area (Å²) >= 11 is 0. The van der Waals surface area contributed by atoms with E-state index < -0.39 is 11.9 Å². The van der Waals surface area contributed by atoms with Gasteiger partial charge in [-0.05, 0) is 23.6 Å². The van der Waals surface area contributed by atoms with Crippen molar-refractivity contribution in [1.82, 2.24) is 9.61 Å². The number of hydrogen-bond acceptors (Lipinski definition) is 4. The maximum absolute atomic E-state index is 13.5. The Bertz CT molecular complexity index is 929. The van der Waals surface area contributed by atoms with Gasteiger partial charge >= 0.3 is 5.97 Å². The van der Waals surface area contributed by atoms with Crippen LogP contribution in [0.1, 0.15) is 53.7 Å². The molecule has 0 saturated heterocycles. The Labute approximate surface area is 152 Å². The molecule has 0 amide bonds. The highest BCUT2D eigenvalue weighted by atomic mass is 16.5.